The Morgan fingerprint density at radius 3 is 2.28 bits per heavy atom. The summed E-state index contributed by atoms with van der Waals surface area (Å²) < 4.78 is 36.6. The van der Waals surface area contributed by atoms with Crippen LogP contribution >= 0.6 is 0 Å². The molecular formula is C12H12ClO4S+. The van der Waals surface area contributed by atoms with E-state index in [0.717, 1.165) is 15.7 Å². The highest BCUT2D eigenvalue weighted by Gasteiger charge is 2.30. The SMILES string of the molecule is C[S+](C)c1c(O[Cl+3]([O-])([O-])[O-])ccc2ccccc12. The number of rotatable bonds is 3. The van der Waals surface area contributed by atoms with Crippen molar-refractivity contribution in [1.82, 2.24) is 0 Å². The second-order valence-corrected chi connectivity index (χ2v) is 6.84. The summed E-state index contributed by atoms with van der Waals surface area (Å²) in [5.41, 5.74) is 0. The molecule has 0 saturated carbocycles. The van der Waals surface area contributed by atoms with E-state index in [9.17, 15) is 14.0 Å². The van der Waals surface area contributed by atoms with Crippen molar-refractivity contribution in [3.8, 4) is 5.75 Å². The molecule has 0 aliphatic carbocycles. The minimum atomic E-state index is -4.47. The van der Waals surface area contributed by atoms with Crippen molar-refractivity contribution < 1.29 is 28.5 Å². The van der Waals surface area contributed by atoms with E-state index in [-0.39, 0.29) is 16.6 Å². The molecule has 0 aliphatic rings. The average Bonchev–Trinajstić information content (AvgIpc) is 2.26. The monoisotopic (exact) mass is 287 g/mol. The molecule has 2 rings (SSSR count). The highest BCUT2D eigenvalue weighted by atomic mass is 35.7. The fourth-order valence-electron chi connectivity index (χ4n) is 1.81. The van der Waals surface area contributed by atoms with Crippen molar-refractivity contribution in [1.29, 1.82) is 0 Å². The van der Waals surface area contributed by atoms with Crippen molar-refractivity contribution in [2.24, 2.45) is 0 Å². The second kappa shape index (κ2) is 4.95. The number of fused-ring (bicyclic) bond motifs is 1. The summed E-state index contributed by atoms with van der Waals surface area (Å²) in [6, 6.07) is 10.8. The van der Waals surface area contributed by atoms with E-state index in [4.69, 9.17) is 0 Å². The fourth-order valence-corrected chi connectivity index (χ4v) is 3.32. The minimum absolute atomic E-state index is 0.110. The summed E-state index contributed by atoms with van der Waals surface area (Å²) in [5.74, 6) is 0.110. The smallest absolute Gasteiger partial charge is 0.167 e. The van der Waals surface area contributed by atoms with Gasteiger partial charge in [0.15, 0.2) is 0 Å². The van der Waals surface area contributed by atoms with Gasteiger partial charge in [-0.1, -0.05) is 22.5 Å². The zero-order chi connectivity index (χ0) is 13.3. The minimum Gasteiger partial charge on any atom is -0.167 e. The molecule has 0 radical (unpaired) electrons. The summed E-state index contributed by atoms with van der Waals surface area (Å²) >= 11 is 0. The summed E-state index contributed by atoms with van der Waals surface area (Å²) in [4.78, 5) is 0.750. The maximum atomic E-state index is 10.7. The highest BCUT2D eigenvalue weighted by Crippen LogP contribution is 2.33. The van der Waals surface area contributed by atoms with Crippen LogP contribution in [0.25, 0.3) is 10.8 Å². The van der Waals surface area contributed by atoms with E-state index in [1.54, 1.807) is 6.07 Å². The molecular weight excluding hydrogens is 276 g/mol. The normalized spacial score (nSPS) is 12.1. The van der Waals surface area contributed by atoms with Crippen LogP contribution in [0.5, 0.6) is 5.75 Å². The van der Waals surface area contributed by atoms with Gasteiger partial charge in [-0.25, -0.2) is 0 Å². The van der Waals surface area contributed by atoms with Gasteiger partial charge in [0.05, 0.1) is 0 Å². The molecule has 0 N–H and O–H groups in total. The molecule has 0 atom stereocenters. The number of hydrogen-bond donors (Lipinski definition) is 0. The van der Waals surface area contributed by atoms with E-state index in [0.29, 0.717) is 0 Å². The third-order valence-electron chi connectivity index (χ3n) is 2.43. The van der Waals surface area contributed by atoms with Gasteiger partial charge < -0.3 is 0 Å². The largest absolute Gasteiger partial charge is 0.343 e. The zero-order valence-electron chi connectivity index (χ0n) is 9.88. The van der Waals surface area contributed by atoms with Crippen LogP contribution in [-0.4, -0.2) is 12.5 Å². The molecule has 6 heteroatoms. The Balaban J connectivity index is 2.63. The molecule has 4 nitrogen and oxygen atoms in total. The first-order valence-corrected chi connectivity index (χ1v) is 8.36. The van der Waals surface area contributed by atoms with Crippen molar-refractivity contribution >= 4 is 21.7 Å². The van der Waals surface area contributed by atoms with Crippen molar-refractivity contribution in [2.75, 3.05) is 12.5 Å². The van der Waals surface area contributed by atoms with Crippen molar-refractivity contribution in [2.45, 2.75) is 4.90 Å². The first kappa shape index (κ1) is 13.5. The predicted molar refractivity (Wildman–Crippen MR) is 62.1 cm³/mol. The summed E-state index contributed by atoms with van der Waals surface area (Å²) in [6.45, 7) is 0. The fraction of sp³-hybridized carbons (Fsp3) is 0.167. The summed E-state index contributed by atoms with van der Waals surface area (Å²) in [6.07, 6.45) is 3.89. The van der Waals surface area contributed by atoms with E-state index in [2.05, 4.69) is 4.29 Å². The highest BCUT2D eigenvalue weighted by molar-refractivity contribution is 7.95. The van der Waals surface area contributed by atoms with Crippen molar-refractivity contribution in [3.63, 3.8) is 0 Å². The Morgan fingerprint density at radius 1 is 1.00 bits per heavy atom. The maximum Gasteiger partial charge on any atom is 0.343 e. The lowest BCUT2D eigenvalue weighted by atomic mass is 10.1. The molecule has 0 unspecified atom stereocenters. The molecule has 18 heavy (non-hydrogen) atoms. The van der Waals surface area contributed by atoms with Gasteiger partial charge in [-0.3, -0.25) is 0 Å². The van der Waals surface area contributed by atoms with Gasteiger partial charge in [-0.15, -0.1) is 0 Å². The lowest BCUT2D eigenvalue weighted by molar-refractivity contribution is -1.91. The van der Waals surface area contributed by atoms with Crippen LogP contribution < -0.4 is 18.3 Å². The van der Waals surface area contributed by atoms with Gasteiger partial charge in [0.25, 0.3) is 0 Å². The van der Waals surface area contributed by atoms with E-state index >= 15 is 0 Å². The third-order valence-corrected chi connectivity index (χ3v) is 4.02. The molecule has 0 aliphatic heterocycles. The van der Waals surface area contributed by atoms with Gasteiger partial charge in [0.2, 0.25) is 4.90 Å². The van der Waals surface area contributed by atoms with Gasteiger partial charge in [-0.2, -0.15) is 14.0 Å². The molecule has 0 spiro atoms. The first-order chi connectivity index (χ1) is 8.38. The van der Waals surface area contributed by atoms with Gasteiger partial charge in [0, 0.05) is 22.3 Å². The van der Waals surface area contributed by atoms with Crippen LogP contribution in [0.2, 0.25) is 0 Å². The molecule has 0 fully saturated rings. The quantitative estimate of drug-likeness (QED) is 0.703. The molecule has 0 bridgehead atoms. The average molecular weight is 288 g/mol. The number of halogens is 1. The predicted octanol–water partition coefficient (Wildman–Crippen LogP) is -0.647. The molecule has 2 aromatic rings. The lowest BCUT2D eigenvalue weighted by Crippen LogP contribution is -2.63. The molecule has 2 aromatic carbocycles. The van der Waals surface area contributed by atoms with Crippen LogP contribution in [0.15, 0.2) is 41.3 Å². The molecule has 0 saturated heterocycles. The molecule has 0 heterocycles. The van der Waals surface area contributed by atoms with Crippen LogP contribution in [0.1, 0.15) is 0 Å². The van der Waals surface area contributed by atoms with Gasteiger partial charge in [0.1, 0.15) is 22.8 Å². The standard InChI is InChI=1S/C12H12ClO4S/c1-18(2)12-10-6-4-3-5-9(10)7-8-11(12)17-13(14,15)16/h3-8H,1-2H3/q+1. The second-order valence-electron chi connectivity index (χ2n) is 3.89. The molecule has 0 aromatic heterocycles. The van der Waals surface area contributed by atoms with E-state index < -0.39 is 10.2 Å². The topological polar surface area (TPSA) is 78.4 Å². The zero-order valence-corrected chi connectivity index (χ0v) is 11.5. The van der Waals surface area contributed by atoms with Gasteiger partial charge in [-0.05, 0) is 17.5 Å². The lowest BCUT2D eigenvalue weighted by Gasteiger charge is -2.13. The van der Waals surface area contributed by atoms with Crippen LogP contribution in [0, 0.1) is 10.2 Å². The third kappa shape index (κ3) is 2.88. The van der Waals surface area contributed by atoms with Crippen LogP contribution in [0.3, 0.4) is 0 Å². The number of hydrogen-bond acceptors (Lipinski definition) is 4. The Bertz CT molecular complexity index is 565. The van der Waals surface area contributed by atoms with Crippen LogP contribution in [0.4, 0.5) is 0 Å². The Labute approximate surface area is 110 Å². The van der Waals surface area contributed by atoms with E-state index in [1.165, 1.54) is 6.07 Å². The summed E-state index contributed by atoms with van der Waals surface area (Å²) in [7, 11) is -4.70. The number of benzene rings is 2. The first-order valence-electron chi connectivity index (χ1n) is 5.08. The van der Waals surface area contributed by atoms with Gasteiger partial charge >= 0.3 is 5.75 Å². The Morgan fingerprint density at radius 2 is 1.67 bits per heavy atom. The van der Waals surface area contributed by atoms with E-state index in [1.807, 2.05) is 36.8 Å². The Kier molecular flexibility index (Phi) is 3.70. The van der Waals surface area contributed by atoms with Crippen molar-refractivity contribution in [3.05, 3.63) is 36.4 Å². The van der Waals surface area contributed by atoms with Crippen LogP contribution in [-0.2, 0) is 10.9 Å². The maximum absolute atomic E-state index is 10.7. The molecule has 96 valence electrons. The summed E-state index contributed by atoms with van der Waals surface area (Å²) in [5, 5.41) is 1.89. The Hall–Kier alpha value is -0.980. The molecule has 0 amide bonds.